The normalized spacial score (nSPS) is 10.5. The molecular formula is C27H24N2O2. The minimum absolute atomic E-state index is 0.0505. The average Bonchev–Trinajstić information content (AvgIpc) is 2.80. The predicted octanol–water partition coefficient (Wildman–Crippen LogP) is 5.82. The molecule has 0 spiro atoms. The van der Waals surface area contributed by atoms with Crippen LogP contribution in [-0.2, 0) is 17.8 Å². The van der Waals surface area contributed by atoms with Gasteiger partial charge < -0.3 is 10.1 Å². The van der Waals surface area contributed by atoms with Gasteiger partial charge >= 0.3 is 0 Å². The lowest BCUT2D eigenvalue weighted by Crippen LogP contribution is -2.14. The molecule has 3 aromatic carbocycles. The Kier molecular flexibility index (Phi) is 6.38. The molecule has 4 heteroatoms. The minimum atomic E-state index is -0.0505. The first-order valence-electron chi connectivity index (χ1n) is 10.2. The summed E-state index contributed by atoms with van der Waals surface area (Å²) < 4.78 is 5.80. The summed E-state index contributed by atoms with van der Waals surface area (Å²) in [6.07, 6.45) is 2.11. The molecule has 4 nitrogen and oxygen atoms in total. The van der Waals surface area contributed by atoms with Gasteiger partial charge in [0.2, 0.25) is 5.91 Å². The highest BCUT2D eigenvalue weighted by Gasteiger charge is 2.06. The fraction of sp³-hybridized carbons (Fsp3) is 0.111. The quantitative estimate of drug-likeness (QED) is 0.419. The van der Waals surface area contributed by atoms with Gasteiger partial charge in [-0.15, -0.1) is 0 Å². The molecule has 0 aliphatic heterocycles. The maximum Gasteiger partial charge on any atom is 0.228 e. The summed E-state index contributed by atoms with van der Waals surface area (Å²) in [7, 11) is 0. The number of anilines is 1. The Hall–Kier alpha value is -3.92. The van der Waals surface area contributed by atoms with Crippen molar-refractivity contribution in [1.82, 2.24) is 4.98 Å². The van der Waals surface area contributed by atoms with E-state index in [0.717, 1.165) is 39.4 Å². The van der Waals surface area contributed by atoms with E-state index in [4.69, 9.17) is 4.74 Å². The maximum atomic E-state index is 12.4. The number of pyridine rings is 1. The molecule has 1 amide bonds. The zero-order valence-corrected chi connectivity index (χ0v) is 17.4. The monoisotopic (exact) mass is 408 g/mol. The summed E-state index contributed by atoms with van der Waals surface area (Å²) in [5, 5.41) is 2.96. The summed E-state index contributed by atoms with van der Waals surface area (Å²) >= 11 is 0. The number of rotatable bonds is 7. The second-order valence-electron chi connectivity index (χ2n) is 7.41. The van der Waals surface area contributed by atoms with Crippen LogP contribution in [0.3, 0.4) is 0 Å². The Morgan fingerprint density at radius 1 is 0.839 bits per heavy atom. The van der Waals surface area contributed by atoms with E-state index in [0.29, 0.717) is 13.0 Å². The number of carbonyl (C=O) groups is 1. The van der Waals surface area contributed by atoms with Gasteiger partial charge in [-0.05, 0) is 65.6 Å². The number of amides is 1. The van der Waals surface area contributed by atoms with Crippen molar-refractivity contribution in [2.24, 2.45) is 0 Å². The van der Waals surface area contributed by atoms with Crippen LogP contribution in [0.25, 0.3) is 11.1 Å². The number of aromatic nitrogens is 1. The maximum absolute atomic E-state index is 12.4. The van der Waals surface area contributed by atoms with Gasteiger partial charge in [0.05, 0.1) is 6.42 Å². The van der Waals surface area contributed by atoms with Crippen molar-refractivity contribution in [2.75, 3.05) is 5.32 Å². The lowest BCUT2D eigenvalue weighted by molar-refractivity contribution is -0.115. The van der Waals surface area contributed by atoms with Crippen LogP contribution in [0, 0.1) is 6.92 Å². The molecule has 0 aliphatic rings. The number of carbonyl (C=O) groups excluding carboxylic acids is 1. The predicted molar refractivity (Wildman–Crippen MR) is 124 cm³/mol. The van der Waals surface area contributed by atoms with E-state index >= 15 is 0 Å². The van der Waals surface area contributed by atoms with E-state index in [9.17, 15) is 4.79 Å². The molecule has 0 bridgehead atoms. The molecule has 1 aromatic heterocycles. The second kappa shape index (κ2) is 9.72. The van der Waals surface area contributed by atoms with Gasteiger partial charge in [0.15, 0.2) is 0 Å². The lowest BCUT2D eigenvalue weighted by Gasteiger charge is -2.09. The van der Waals surface area contributed by atoms with Crippen molar-refractivity contribution in [3.8, 4) is 16.9 Å². The molecule has 1 heterocycles. The van der Waals surface area contributed by atoms with E-state index in [2.05, 4.69) is 10.3 Å². The van der Waals surface area contributed by atoms with Crippen molar-refractivity contribution >= 4 is 11.6 Å². The third kappa shape index (κ3) is 5.80. The number of nitrogens with zero attached hydrogens (tertiary/aromatic N) is 1. The van der Waals surface area contributed by atoms with Gasteiger partial charge in [-0.25, -0.2) is 0 Å². The highest BCUT2D eigenvalue weighted by atomic mass is 16.5. The first-order chi connectivity index (χ1) is 15.2. The van der Waals surface area contributed by atoms with Crippen LogP contribution < -0.4 is 10.1 Å². The molecule has 0 radical (unpaired) electrons. The number of hydrogen-bond donors (Lipinski definition) is 1. The summed E-state index contributed by atoms with van der Waals surface area (Å²) in [6, 6.07) is 29.6. The molecule has 0 atom stereocenters. The fourth-order valence-corrected chi connectivity index (χ4v) is 3.31. The standard InChI is InChI=1S/C27H24N2O2/c1-20-17-24(15-16-28-20)23-9-11-25(12-10-23)29-27(30)18-21-7-13-26(14-8-21)31-19-22-5-3-2-4-6-22/h2-17H,18-19H2,1H3,(H,29,30). The molecule has 0 saturated carbocycles. The first kappa shape index (κ1) is 20.4. The third-order valence-electron chi connectivity index (χ3n) is 4.94. The van der Waals surface area contributed by atoms with Crippen LogP contribution >= 0.6 is 0 Å². The highest BCUT2D eigenvalue weighted by Crippen LogP contribution is 2.22. The Bertz CT molecular complexity index is 1140. The number of hydrogen-bond acceptors (Lipinski definition) is 3. The van der Waals surface area contributed by atoms with Gasteiger partial charge in [0, 0.05) is 17.6 Å². The zero-order chi connectivity index (χ0) is 21.5. The van der Waals surface area contributed by atoms with Gasteiger partial charge in [-0.3, -0.25) is 9.78 Å². The molecule has 0 fully saturated rings. The number of benzene rings is 3. The summed E-state index contributed by atoms with van der Waals surface area (Å²) in [6.45, 7) is 2.50. The number of nitrogens with one attached hydrogen (secondary N) is 1. The van der Waals surface area contributed by atoms with Crippen LogP contribution in [0.4, 0.5) is 5.69 Å². The molecule has 0 saturated heterocycles. The molecule has 31 heavy (non-hydrogen) atoms. The first-order valence-corrected chi connectivity index (χ1v) is 10.2. The minimum Gasteiger partial charge on any atom is -0.489 e. The zero-order valence-electron chi connectivity index (χ0n) is 17.4. The van der Waals surface area contributed by atoms with Crippen molar-refractivity contribution in [3.63, 3.8) is 0 Å². The third-order valence-corrected chi connectivity index (χ3v) is 4.94. The van der Waals surface area contributed by atoms with Crippen LogP contribution in [0.2, 0.25) is 0 Å². The molecule has 4 aromatic rings. The average molecular weight is 409 g/mol. The summed E-state index contributed by atoms with van der Waals surface area (Å²) in [4.78, 5) is 16.7. The van der Waals surface area contributed by atoms with Crippen LogP contribution in [-0.4, -0.2) is 10.9 Å². The molecule has 154 valence electrons. The topological polar surface area (TPSA) is 51.2 Å². The Labute approximate surface area is 182 Å². The SMILES string of the molecule is Cc1cc(-c2ccc(NC(=O)Cc3ccc(OCc4ccccc4)cc3)cc2)ccn1. The largest absolute Gasteiger partial charge is 0.489 e. The fourth-order valence-electron chi connectivity index (χ4n) is 3.31. The second-order valence-corrected chi connectivity index (χ2v) is 7.41. The van der Waals surface area contributed by atoms with Gasteiger partial charge in [0.1, 0.15) is 12.4 Å². The number of ether oxygens (including phenoxy) is 1. The van der Waals surface area contributed by atoms with E-state index in [-0.39, 0.29) is 5.91 Å². The highest BCUT2D eigenvalue weighted by molar-refractivity contribution is 5.92. The summed E-state index contributed by atoms with van der Waals surface area (Å²) in [5.74, 6) is 0.736. The van der Waals surface area contributed by atoms with E-state index in [1.54, 1.807) is 6.20 Å². The van der Waals surface area contributed by atoms with Crippen molar-refractivity contribution in [2.45, 2.75) is 20.0 Å². The Morgan fingerprint density at radius 2 is 1.58 bits per heavy atom. The molecular weight excluding hydrogens is 384 g/mol. The molecule has 1 N–H and O–H groups in total. The van der Waals surface area contributed by atoms with Gasteiger partial charge in [-0.2, -0.15) is 0 Å². The van der Waals surface area contributed by atoms with E-state index < -0.39 is 0 Å². The molecule has 4 rings (SSSR count). The van der Waals surface area contributed by atoms with Gasteiger partial charge in [0.25, 0.3) is 0 Å². The number of aryl methyl sites for hydroxylation is 1. The smallest absolute Gasteiger partial charge is 0.228 e. The molecule has 0 unspecified atom stereocenters. The molecule has 0 aliphatic carbocycles. The Balaban J connectivity index is 1.30. The lowest BCUT2D eigenvalue weighted by atomic mass is 10.1. The van der Waals surface area contributed by atoms with Gasteiger partial charge in [-0.1, -0.05) is 54.6 Å². The van der Waals surface area contributed by atoms with Crippen LogP contribution in [0.15, 0.2) is 97.2 Å². The van der Waals surface area contributed by atoms with Crippen LogP contribution in [0.1, 0.15) is 16.8 Å². The summed E-state index contributed by atoms with van der Waals surface area (Å²) in [5.41, 5.74) is 6.02. The van der Waals surface area contributed by atoms with E-state index in [1.165, 1.54) is 0 Å². The Morgan fingerprint density at radius 3 is 2.29 bits per heavy atom. The van der Waals surface area contributed by atoms with Crippen LogP contribution in [0.5, 0.6) is 5.75 Å². The van der Waals surface area contributed by atoms with Crippen molar-refractivity contribution in [3.05, 3.63) is 114 Å². The van der Waals surface area contributed by atoms with Crippen molar-refractivity contribution < 1.29 is 9.53 Å². The van der Waals surface area contributed by atoms with Crippen molar-refractivity contribution in [1.29, 1.82) is 0 Å². The van der Waals surface area contributed by atoms with E-state index in [1.807, 2.05) is 97.9 Å².